The van der Waals surface area contributed by atoms with Gasteiger partial charge < -0.3 is 15.4 Å². The molecule has 0 radical (unpaired) electrons. The minimum absolute atomic E-state index is 0. The van der Waals surface area contributed by atoms with Gasteiger partial charge in [-0.3, -0.25) is 4.99 Å². The Bertz CT molecular complexity index is 698. The molecule has 2 rings (SSSR count). The standard InChI is InChI=1S/C17H27N3O3S2.HI/c1-13(11-24-16-7-5-4-6-15(16)23-3)10-19-17(18-2)20-14-8-9-25(21,22)12-14;/h4-7,13-14H,8-12H2,1-3H3,(H2,18,19,20);1H. The number of aliphatic imine (C=N–C) groups is 1. The lowest BCUT2D eigenvalue weighted by atomic mass is 10.2. The van der Waals surface area contributed by atoms with Gasteiger partial charge in [-0.2, -0.15) is 0 Å². The smallest absolute Gasteiger partial charge is 0.191 e. The van der Waals surface area contributed by atoms with Crippen molar-refractivity contribution in [3.05, 3.63) is 24.3 Å². The van der Waals surface area contributed by atoms with Gasteiger partial charge in [-0.05, 0) is 24.5 Å². The number of hydrogen-bond donors (Lipinski definition) is 2. The molecule has 2 atom stereocenters. The number of rotatable bonds is 7. The van der Waals surface area contributed by atoms with Crippen molar-refractivity contribution in [2.45, 2.75) is 24.3 Å². The first kappa shape index (κ1) is 23.4. The fourth-order valence-corrected chi connectivity index (χ4v) is 5.32. The first-order chi connectivity index (χ1) is 11.9. The van der Waals surface area contributed by atoms with Gasteiger partial charge in [0.15, 0.2) is 15.8 Å². The van der Waals surface area contributed by atoms with Gasteiger partial charge in [0.1, 0.15) is 5.75 Å². The van der Waals surface area contributed by atoms with Crippen molar-refractivity contribution in [1.29, 1.82) is 0 Å². The number of methoxy groups -OCH3 is 1. The highest BCUT2D eigenvalue weighted by Gasteiger charge is 2.28. The van der Waals surface area contributed by atoms with Crippen molar-refractivity contribution >= 4 is 51.5 Å². The van der Waals surface area contributed by atoms with E-state index in [4.69, 9.17) is 4.74 Å². The Kier molecular flexibility index (Phi) is 10.1. The van der Waals surface area contributed by atoms with Crippen LogP contribution in [0.3, 0.4) is 0 Å². The third-order valence-electron chi connectivity index (χ3n) is 4.01. The maximum absolute atomic E-state index is 11.5. The number of benzene rings is 1. The maximum atomic E-state index is 11.5. The van der Waals surface area contributed by atoms with Gasteiger partial charge in [-0.15, -0.1) is 35.7 Å². The van der Waals surface area contributed by atoms with Crippen LogP contribution in [-0.4, -0.2) is 58.4 Å². The number of sulfone groups is 1. The molecule has 9 heteroatoms. The first-order valence-corrected chi connectivity index (χ1v) is 11.2. The van der Waals surface area contributed by atoms with Crippen molar-refractivity contribution in [3.63, 3.8) is 0 Å². The summed E-state index contributed by atoms with van der Waals surface area (Å²) in [7, 11) is 0.498. The highest BCUT2D eigenvalue weighted by Crippen LogP contribution is 2.29. The van der Waals surface area contributed by atoms with Crippen LogP contribution in [0.25, 0.3) is 0 Å². The minimum Gasteiger partial charge on any atom is -0.496 e. The molecule has 1 aromatic rings. The monoisotopic (exact) mass is 513 g/mol. The fraction of sp³-hybridized carbons (Fsp3) is 0.588. The summed E-state index contributed by atoms with van der Waals surface area (Å²) in [6.45, 7) is 2.93. The highest BCUT2D eigenvalue weighted by molar-refractivity contribution is 14.0. The summed E-state index contributed by atoms with van der Waals surface area (Å²) in [5, 5.41) is 6.49. The van der Waals surface area contributed by atoms with E-state index in [1.165, 1.54) is 0 Å². The average Bonchev–Trinajstić information content (AvgIpc) is 2.95. The average molecular weight is 513 g/mol. The van der Waals surface area contributed by atoms with Gasteiger partial charge >= 0.3 is 0 Å². The third-order valence-corrected chi connectivity index (χ3v) is 7.16. The molecule has 0 amide bonds. The van der Waals surface area contributed by atoms with Crippen molar-refractivity contribution in [2.24, 2.45) is 10.9 Å². The van der Waals surface area contributed by atoms with E-state index in [1.54, 1.807) is 25.9 Å². The Morgan fingerprint density at radius 3 is 2.77 bits per heavy atom. The van der Waals surface area contributed by atoms with Crippen LogP contribution in [0.1, 0.15) is 13.3 Å². The Labute approximate surface area is 177 Å². The number of nitrogens with zero attached hydrogens (tertiary/aromatic N) is 1. The van der Waals surface area contributed by atoms with Crippen molar-refractivity contribution < 1.29 is 13.2 Å². The van der Waals surface area contributed by atoms with E-state index in [-0.39, 0.29) is 41.5 Å². The molecule has 26 heavy (non-hydrogen) atoms. The molecule has 0 spiro atoms. The van der Waals surface area contributed by atoms with Crippen LogP contribution in [0, 0.1) is 5.92 Å². The van der Waals surface area contributed by atoms with E-state index in [2.05, 4.69) is 28.6 Å². The molecule has 148 valence electrons. The summed E-state index contributed by atoms with van der Waals surface area (Å²) in [4.78, 5) is 5.32. The quantitative estimate of drug-likeness (QED) is 0.252. The van der Waals surface area contributed by atoms with Gasteiger partial charge in [0.2, 0.25) is 0 Å². The van der Waals surface area contributed by atoms with Crippen LogP contribution in [-0.2, 0) is 9.84 Å². The molecule has 2 unspecified atom stereocenters. The lowest BCUT2D eigenvalue weighted by Crippen LogP contribution is -2.45. The SMILES string of the molecule is CN=C(NCC(C)CSc1ccccc1OC)NC1CCS(=O)(=O)C1.I. The van der Waals surface area contributed by atoms with Crippen molar-refractivity contribution in [1.82, 2.24) is 10.6 Å². The number of guanidine groups is 1. The number of thioether (sulfide) groups is 1. The van der Waals surface area contributed by atoms with Gasteiger partial charge in [0, 0.05) is 30.3 Å². The second-order valence-electron chi connectivity index (χ2n) is 6.26. The molecule has 6 nitrogen and oxygen atoms in total. The number of halogens is 1. The first-order valence-electron chi connectivity index (χ1n) is 8.37. The summed E-state index contributed by atoms with van der Waals surface area (Å²) < 4.78 is 28.4. The number of para-hydroxylation sites is 1. The number of hydrogen-bond acceptors (Lipinski definition) is 5. The van der Waals surface area contributed by atoms with E-state index in [0.29, 0.717) is 18.3 Å². The highest BCUT2D eigenvalue weighted by atomic mass is 127. The van der Waals surface area contributed by atoms with Crippen LogP contribution < -0.4 is 15.4 Å². The molecular formula is C17H28IN3O3S2. The van der Waals surface area contributed by atoms with Crippen molar-refractivity contribution in [2.75, 3.05) is 38.0 Å². The van der Waals surface area contributed by atoms with Crippen molar-refractivity contribution in [3.8, 4) is 5.75 Å². The Hall–Kier alpha value is -0.680. The van der Waals surface area contributed by atoms with E-state index < -0.39 is 9.84 Å². The molecule has 0 aliphatic carbocycles. The lowest BCUT2D eigenvalue weighted by molar-refractivity contribution is 0.405. The second kappa shape index (κ2) is 11.2. The fourth-order valence-electron chi connectivity index (χ4n) is 2.60. The van der Waals surface area contributed by atoms with Crippen LogP contribution in [0.2, 0.25) is 0 Å². The molecule has 0 saturated carbocycles. The molecule has 1 fully saturated rings. The second-order valence-corrected chi connectivity index (χ2v) is 9.56. The zero-order chi connectivity index (χ0) is 18.3. The Morgan fingerprint density at radius 1 is 1.42 bits per heavy atom. The van der Waals surface area contributed by atoms with Crippen LogP contribution in [0.5, 0.6) is 5.75 Å². The molecule has 1 aliphatic rings. The number of nitrogens with one attached hydrogen (secondary N) is 2. The Morgan fingerprint density at radius 2 is 2.15 bits per heavy atom. The predicted molar refractivity (Wildman–Crippen MR) is 120 cm³/mol. The van der Waals surface area contributed by atoms with Gasteiger partial charge in [0.05, 0.1) is 18.6 Å². The lowest BCUT2D eigenvalue weighted by Gasteiger charge is -2.19. The minimum atomic E-state index is -2.89. The molecule has 0 aromatic heterocycles. The molecule has 1 heterocycles. The summed E-state index contributed by atoms with van der Waals surface area (Å²) >= 11 is 1.77. The largest absolute Gasteiger partial charge is 0.496 e. The third kappa shape index (κ3) is 7.51. The van der Waals surface area contributed by atoms with E-state index in [1.807, 2.05) is 18.2 Å². The molecule has 2 N–H and O–H groups in total. The van der Waals surface area contributed by atoms with Gasteiger partial charge in [-0.25, -0.2) is 8.42 Å². The molecular weight excluding hydrogens is 485 g/mol. The molecule has 0 bridgehead atoms. The van der Waals surface area contributed by atoms with Crippen LogP contribution in [0.15, 0.2) is 34.2 Å². The normalized spacial score (nSPS) is 20.1. The van der Waals surface area contributed by atoms with Gasteiger partial charge in [-0.1, -0.05) is 19.1 Å². The van der Waals surface area contributed by atoms with Gasteiger partial charge in [0.25, 0.3) is 0 Å². The molecule has 1 aromatic carbocycles. The van der Waals surface area contributed by atoms with Crippen LogP contribution >= 0.6 is 35.7 Å². The van der Waals surface area contributed by atoms with E-state index in [9.17, 15) is 8.42 Å². The molecule has 1 saturated heterocycles. The predicted octanol–water partition coefficient (Wildman–Crippen LogP) is 2.39. The summed E-state index contributed by atoms with van der Waals surface area (Å²) in [5.74, 6) is 3.37. The Balaban J connectivity index is 0.00000338. The summed E-state index contributed by atoms with van der Waals surface area (Å²) in [6, 6.07) is 7.95. The van der Waals surface area contributed by atoms with Crippen LogP contribution in [0.4, 0.5) is 0 Å². The zero-order valence-corrected chi connectivity index (χ0v) is 19.4. The summed E-state index contributed by atoms with van der Waals surface area (Å²) in [5.41, 5.74) is 0. The zero-order valence-electron chi connectivity index (χ0n) is 15.4. The van der Waals surface area contributed by atoms with E-state index >= 15 is 0 Å². The molecule has 1 aliphatic heterocycles. The number of ether oxygens (including phenoxy) is 1. The van der Waals surface area contributed by atoms with E-state index in [0.717, 1.165) is 22.9 Å². The topological polar surface area (TPSA) is 79.8 Å². The summed E-state index contributed by atoms with van der Waals surface area (Å²) in [6.07, 6.45) is 0.641. The maximum Gasteiger partial charge on any atom is 0.191 e.